The van der Waals surface area contributed by atoms with E-state index < -0.39 is 0 Å². The van der Waals surface area contributed by atoms with Crippen LogP contribution in [0, 0.1) is 0 Å². The Morgan fingerprint density at radius 3 is 2.50 bits per heavy atom. The number of pyridine rings is 1. The molecule has 26 heavy (non-hydrogen) atoms. The molecule has 7 nitrogen and oxygen atoms in total. The quantitative estimate of drug-likeness (QED) is 0.632. The van der Waals surface area contributed by atoms with Gasteiger partial charge in [0.2, 0.25) is 0 Å². The molecule has 1 aromatic carbocycles. The first-order valence-electron chi connectivity index (χ1n) is 8.23. The molecule has 3 aromatic rings. The summed E-state index contributed by atoms with van der Waals surface area (Å²) in [5.41, 5.74) is 2.44. The summed E-state index contributed by atoms with van der Waals surface area (Å²) in [7, 11) is 0. The maximum Gasteiger partial charge on any atom is 0.338 e. The molecule has 2 heterocycles. The van der Waals surface area contributed by atoms with Gasteiger partial charge in [-0.3, -0.25) is 4.98 Å². The van der Waals surface area contributed by atoms with Crippen LogP contribution in [0.5, 0.6) is 0 Å². The average molecular weight is 349 g/mol. The number of carbonyl (C=O) groups excluding carboxylic acids is 1. The number of nitrogens with zero attached hydrogens (tertiary/aromatic N) is 3. The number of anilines is 3. The molecule has 0 saturated carbocycles. The number of ether oxygens (including phenoxy) is 1. The molecule has 2 N–H and O–H groups in total. The van der Waals surface area contributed by atoms with E-state index in [1.807, 2.05) is 18.2 Å². The molecule has 2 aromatic heterocycles. The minimum Gasteiger partial charge on any atom is -0.462 e. The lowest BCUT2D eigenvalue weighted by Gasteiger charge is -2.09. The van der Waals surface area contributed by atoms with Crippen molar-refractivity contribution in [2.24, 2.45) is 0 Å². The molecule has 0 aliphatic rings. The van der Waals surface area contributed by atoms with Crippen LogP contribution in [0.15, 0.2) is 61.2 Å². The van der Waals surface area contributed by atoms with Crippen LogP contribution in [0.3, 0.4) is 0 Å². The summed E-state index contributed by atoms with van der Waals surface area (Å²) < 4.78 is 4.97. The third-order valence-electron chi connectivity index (χ3n) is 3.56. The third-order valence-corrected chi connectivity index (χ3v) is 3.56. The van der Waals surface area contributed by atoms with Crippen molar-refractivity contribution in [2.75, 3.05) is 17.2 Å². The lowest BCUT2D eigenvalue weighted by atomic mass is 10.2. The van der Waals surface area contributed by atoms with Crippen molar-refractivity contribution in [3.63, 3.8) is 0 Å². The van der Waals surface area contributed by atoms with Gasteiger partial charge in [0.25, 0.3) is 0 Å². The second-order valence-corrected chi connectivity index (χ2v) is 5.42. The fraction of sp³-hybridized carbons (Fsp3) is 0.158. The average Bonchev–Trinajstić information content (AvgIpc) is 2.68. The highest BCUT2D eigenvalue weighted by molar-refractivity contribution is 5.89. The van der Waals surface area contributed by atoms with Crippen LogP contribution in [0.25, 0.3) is 0 Å². The van der Waals surface area contributed by atoms with Crippen LogP contribution in [0.2, 0.25) is 0 Å². The molecule has 0 aliphatic carbocycles. The standard InChI is InChI=1S/C19H19N5O2/c1-2-26-19(25)15-3-5-16(6-4-15)24-18-11-17(22-13-23-18)21-12-14-7-9-20-10-8-14/h3-11,13H,2,12H2,1H3,(H2,21,22,23,24). The molecular formula is C19H19N5O2. The van der Waals surface area contributed by atoms with E-state index in [2.05, 4.69) is 25.6 Å². The van der Waals surface area contributed by atoms with E-state index in [0.29, 0.717) is 30.4 Å². The zero-order valence-corrected chi connectivity index (χ0v) is 14.3. The minimum absolute atomic E-state index is 0.330. The van der Waals surface area contributed by atoms with E-state index in [1.165, 1.54) is 6.33 Å². The zero-order valence-electron chi connectivity index (χ0n) is 14.3. The van der Waals surface area contributed by atoms with Gasteiger partial charge < -0.3 is 15.4 Å². The summed E-state index contributed by atoms with van der Waals surface area (Å²) in [5, 5.41) is 6.43. The van der Waals surface area contributed by atoms with Gasteiger partial charge >= 0.3 is 5.97 Å². The molecule has 7 heteroatoms. The van der Waals surface area contributed by atoms with Gasteiger partial charge in [0.05, 0.1) is 12.2 Å². The molecule has 0 unspecified atom stereocenters. The van der Waals surface area contributed by atoms with Crippen LogP contribution in [-0.2, 0) is 11.3 Å². The molecule has 0 saturated heterocycles. The van der Waals surface area contributed by atoms with Gasteiger partial charge in [-0.05, 0) is 48.9 Å². The van der Waals surface area contributed by atoms with Gasteiger partial charge in [-0.1, -0.05) is 0 Å². The number of carbonyl (C=O) groups is 1. The van der Waals surface area contributed by atoms with Crippen LogP contribution in [0.1, 0.15) is 22.8 Å². The van der Waals surface area contributed by atoms with Crippen molar-refractivity contribution >= 4 is 23.3 Å². The number of esters is 1. The molecule has 0 amide bonds. The van der Waals surface area contributed by atoms with Gasteiger partial charge in [0.15, 0.2) is 0 Å². The Morgan fingerprint density at radius 2 is 1.77 bits per heavy atom. The van der Waals surface area contributed by atoms with E-state index >= 15 is 0 Å². The van der Waals surface area contributed by atoms with Crippen LogP contribution >= 0.6 is 0 Å². The van der Waals surface area contributed by atoms with Crippen molar-refractivity contribution in [3.05, 3.63) is 72.3 Å². The molecular weight excluding hydrogens is 330 g/mol. The summed E-state index contributed by atoms with van der Waals surface area (Å²) in [6, 6.07) is 12.7. The smallest absolute Gasteiger partial charge is 0.338 e. The third kappa shape index (κ3) is 4.76. The number of hydrogen-bond acceptors (Lipinski definition) is 7. The minimum atomic E-state index is -0.330. The van der Waals surface area contributed by atoms with Gasteiger partial charge in [0.1, 0.15) is 18.0 Å². The van der Waals surface area contributed by atoms with Gasteiger partial charge in [0, 0.05) is 30.7 Å². The summed E-state index contributed by atoms with van der Waals surface area (Å²) in [6.45, 7) is 2.78. The van der Waals surface area contributed by atoms with Crippen LogP contribution in [-0.4, -0.2) is 27.5 Å². The number of aromatic nitrogens is 3. The number of rotatable bonds is 7. The Morgan fingerprint density at radius 1 is 1.04 bits per heavy atom. The zero-order chi connectivity index (χ0) is 18.2. The molecule has 0 aliphatic heterocycles. The van der Waals surface area contributed by atoms with E-state index in [4.69, 9.17) is 4.74 Å². The predicted molar refractivity (Wildman–Crippen MR) is 99.3 cm³/mol. The number of hydrogen-bond donors (Lipinski definition) is 2. The Kier molecular flexibility index (Phi) is 5.72. The van der Waals surface area contributed by atoms with Crippen molar-refractivity contribution in [1.82, 2.24) is 15.0 Å². The van der Waals surface area contributed by atoms with E-state index in [9.17, 15) is 4.79 Å². The Hall–Kier alpha value is -3.48. The molecule has 0 atom stereocenters. The first-order chi connectivity index (χ1) is 12.7. The topological polar surface area (TPSA) is 89.0 Å². The Labute approximate surface area is 151 Å². The van der Waals surface area contributed by atoms with Crippen molar-refractivity contribution in [2.45, 2.75) is 13.5 Å². The second kappa shape index (κ2) is 8.57. The fourth-order valence-electron chi connectivity index (χ4n) is 2.27. The van der Waals surface area contributed by atoms with Crippen molar-refractivity contribution in [3.8, 4) is 0 Å². The molecule has 0 radical (unpaired) electrons. The van der Waals surface area contributed by atoms with Gasteiger partial charge in [-0.2, -0.15) is 0 Å². The number of benzene rings is 1. The first-order valence-corrected chi connectivity index (χ1v) is 8.23. The predicted octanol–water partition coefficient (Wildman–Crippen LogP) is 3.40. The van der Waals surface area contributed by atoms with E-state index in [0.717, 1.165) is 11.3 Å². The van der Waals surface area contributed by atoms with Crippen LogP contribution in [0.4, 0.5) is 17.3 Å². The Balaban J connectivity index is 1.62. The molecule has 0 fully saturated rings. The SMILES string of the molecule is CCOC(=O)c1ccc(Nc2cc(NCc3ccncc3)ncn2)cc1. The second-order valence-electron chi connectivity index (χ2n) is 5.42. The molecule has 0 spiro atoms. The molecule has 0 bridgehead atoms. The van der Waals surface area contributed by atoms with Gasteiger partial charge in [-0.15, -0.1) is 0 Å². The summed E-state index contributed by atoms with van der Waals surface area (Å²) in [4.78, 5) is 24.1. The Bertz CT molecular complexity index is 853. The van der Waals surface area contributed by atoms with Crippen LogP contribution < -0.4 is 10.6 Å². The lowest BCUT2D eigenvalue weighted by molar-refractivity contribution is 0.0526. The summed E-state index contributed by atoms with van der Waals surface area (Å²) in [6.07, 6.45) is 5.00. The largest absolute Gasteiger partial charge is 0.462 e. The van der Waals surface area contributed by atoms with E-state index in [1.54, 1.807) is 43.6 Å². The van der Waals surface area contributed by atoms with Crippen molar-refractivity contribution < 1.29 is 9.53 Å². The summed E-state index contributed by atoms with van der Waals surface area (Å²) in [5.74, 6) is 1.03. The lowest BCUT2D eigenvalue weighted by Crippen LogP contribution is -2.05. The maximum absolute atomic E-state index is 11.7. The monoisotopic (exact) mass is 349 g/mol. The highest BCUT2D eigenvalue weighted by Gasteiger charge is 2.06. The van der Waals surface area contributed by atoms with Crippen molar-refractivity contribution in [1.29, 1.82) is 0 Å². The molecule has 132 valence electrons. The number of nitrogens with one attached hydrogen (secondary N) is 2. The fourth-order valence-corrected chi connectivity index (χ4v) is 2.27. The highest BCUT2D eigenvalue weighted by atomic mass is 16.5. The van der Waals surface area contributed by atoms with E-state index in [-0.39, 0.29) is 5.97 Å². The normalized spacial score (nSPS) is 10.2. The molecule has 3 rings (SSSR count). The maximum atomic E-state index is 11.7. The summed E-state index contributed by atoms with van der Waals surface area (Å²) >= 11 is 0. The van der Waals surface area contributed by atoms with Gasteiger partial charge in [-0.25, -0.2) is 14.8 Å². The first kappa shape index (κ1) is 17.3. The highest BCUT2D eigenvalue weighted by Crippen LogP contribution is 2.17.